The fourth-order valence-corrected chi connectivity index (χ4v) is 1.21. The highest BCUT2D eigenvalue weighted by Crippen LogP contribution is 2.17. The first kappa shape index (κ1) is 14.0. The molecule has 0 saturated carbocycles. The lowest BCUT2D eigenvalue weighted by molar-refractivity contribution is -0.123. The van der Waals surface area contributed by atoms with Crippen molar-refractivity contribution in [3.63, 3.8) is 0 Å². The van der Waals surface area contributed by atoms with Gasteiger partial charge in [0, 0.05) is 6.54 Å². The van der Waals surface area contributed by atoms with Crippen molar-refractivity contribution in [2.45, 2.75) is 13.8 Å². The molecule has 0 aliphatic heterocycles. The zero-order valence-corrected chi connectivity index (χ0v) is 10.6. The van der Waals surface area contributed by atoms with Gasteiger partial charge in [-0.3, -0.25) is 9.59 Å². The molecule has 1 aromatic rings. The maximum absolute atomic E-state index is 11.2. The van der Waals surface area contributed by atoms with E-state index in [0.29, 0.717) is 18.0 Å². The highest BCUT2D eigenvalue weighted by Gasteiger charge is 2.02. The van der Waals surface area contributed by atoms with Crippen LogP contribution in [0.25, 0.3) is 0 Å². The minimum atomic E-state index is -0.158. The van der Waals surface area contributed by atoms with E-state index in [1.54, 1.807) is 24.3 Å². The second-order valence-electron chi connectivity index (χ2n) is 3.70. The van der Waals surface area contributed by atoms with Gasteiger partial charge in [0.1, 0.15) is 18.1 Å². The summed E-state index contributed by atoms with van der Waals surface area (Å²) in [5.74, 6) is 0.980. The second kappa shape index (κ2) is 7.32. The Balaban J connectivity index is 2.40. The molecular weight excluding hydrogens is 234 g/mol. The molecule has 1 N–H and O–H groups in total. The van der Waals surface area contributed by atoms with Crippen LogP contribution in [0.2, 0.25) is 0 Å². The van der Waals surface area contributed by atoms with Gasteiger partial charge in [-0.15, -0.1) is 0 Å². The van der Waals surface area contributed by atoms with Gasteiger partial charge in [-0.25, -0.2) is 0 Å². The molecule has 1 amide bonds. The third-order valence-corrected chi connectivity index (χ3v) is 2.01. The molecule has 0 unspecified atom stereocenters. The molecule has 0 atom stereocenters. The number of benzene rings is 1. The van der Waals surface area contributed by atoms with Gasteiger partial charge < -0.3 is 14.8 Å². The quantitative estimate of drug-likeness (QED) is 0.790. The number of amides is 1. The molecule has 0 heterocycles. The van der Waals surface area contributed by atoms with Crippen LogP contribution in [0.5, 0.6) is 11.5 Å². The summed E-state index contributed by atoms with van der Waals surface area (Å²) < 4.78 is 10.5. The van der Waals surface area contributed by atoms with Crippen LogP contribution >= 0.6 is 0 Å². The lowest BCUT2D eigenvalue weighted by Gasteiger charge is -2.07. The van der Waals surface area contributed by atoms with E-state index in [1.165, 1.54) is 6.92 Å². The van der Waals surface area contributed by atoms with Gasteiger partial charge in [0.15, 0.2) is 12.4 Å². The van der Waals surface area contributed by atoms with Crippen molar-refractivity contribution in [3.8, 4) is 11.5 Å². The number of nitrogens with one attached hydrogen (secondary N) is 1. The largest absolute Gasteiger partial charge is 0.486 e. The van der Waals surface area contributed by atoms with Crippen molar-refractivity contribution in [1.82, 2.24) is 5.32 Å². The summed E-state index contributed by atoms with van der Waals surface area (Å²) in [7, 11) is 0. The molecular formula is C13H17NO4. The summed E-state index contributed by atoms with van der Waals surface area (Å²) in [6.07, 6.45) is 0. The van der Waals surface area contributed by atoms with Crippen molar-refractivity contribution < 1.29 is 19.1 Å². The Hall–Kier alpha value is -2.04. The summed E-state index contributed by atoms with van der Waals surface area (Å²) >= 11 is 0. The van der Waals surface area contributed by atoms with Gasteiger partial charge in [0.05, 0.1) is 0 Å². The molecule has 1 aromatic carbocycles. The maximum atomic E-state index is 11.2. The summed E-state index contributed by atoms with van der Waals surface area (Å²) in [4.78, 5) is 21.9. The fraction of sp³-hybridized carbons (Fsp3) is 0.385. The lowest BCUT2D eigenvalue weighted by Crippen LogP contribution is -2.28. The Labute approximate surface area is 106 Å². The number of hydrogen-bond acceptors (Lipinski definition) is 4. The predicted molar refractivity (Wildman–Crippen MR) is 66.8 cm³/mol. The monoisotopic (exact) mass is 251 g/mol. The first-order chi connectivity index (χ1) is 8.61. The number of ether oxygens (including phenoxy) is 2. The van der Waals surface area contributed by atoms with E-state index in [0.717, 1.165) is 0 Å². The highest BCUT2D eigenvalue weighted by atomic mass is 16.5. The minimum Gasteiger partial charge on any atom is -0.486 e. The van der Waals surface area contributed by atoms with E-state index in [4.69, 9.17) is 9.47 Å². The van der Waals surface area contributed by atoms with Crippen LogP contribution in [0.4, 0.5) is 0 Å². The second-order valence-corrected chi connectivity index (χ2v) is 3.70. The number of carbonyl (C=O) groups excluding carboxylic acids is 2. The number of likely N-dealkylation sites (N-methyl/N-ethyl adjacent to an activating group) is 1. The summed E-state index contributed by atoms with van der Waals surface area (Å²) in [6.45, 7) is 3.93. The summed E-state index contributed by atoms with van der Waals surface area (Å²) in [5, 5.41) is 2.63. The van der Waals surface area contributed by atoms with Gasteiger partial charge in [-0.2, -0.15) is 0 Å². The normalized spacial score (nSPS) is 9.67. The van der Waals surface area contributed by atoms with Crippen molar-refractivity contribution in [1.29, 1.82) is 0 Å². The number of ketones is 1. The van der Waals surface area contributed by atoms with Crippen molar-refractivity contribution in [3.05, 3.63) is 24.3 Å². The molecule has 5 nitrogen and oxygen atoms in total. The van der Waals surface area contributed by atoms with Gasteiger partial charge in [-0.05, 0) is 38.1 Å². The molecule has 18 heavy (non-hydrogen) atoms. The summed E-state index contributed by atoms with van der Waals surface area (Å²) in [6, 6.07) is 6.76. The van der Waals surface area contributed by atoms with Crippen LogP contribution in [0.3, 0.4) is 0 Å². The Morgan fingerprint density at radius 3 is 2.00 bits per heavy atom. The van der Waals surface area contributed by atoms with Crippen LogP contribution < -0.4 is 14.8 Å². The third-order valence-electron chi connectivity index (χ3n) is 2.01. The van der Waals surface area contributed by atoms with Gasteiger partial charge >= 0.3 is 0 Å². The van der Waals surface area contributed by atoms with E-state index in [2.05, 4.69) is 5.32 Å². The van der Waals surface area contributed by atoms with Gasteiger partial charge in [0.25, 0.3) is 5.91 Å². The standard InChI is InChI=1S/C13H17NO4/c1-3-14-13(16)9-18-12-6-4-11(5-7-12)17-8-10(2)15/h4-7H,3,8-9H2,1-2H3,(H,14,16). The lowest BCUT2D eigenvalue weighted by atomic mass is 10.3. The van der Waals surface area contributed by atoms with Gasteiger partial charge in [-0.1, -0.05) is 0 Å². The minimum absolute atomic E-state index is 0.0124. The molecule has 1 rings (SSSR count). The fourth-order valence-electron chi connectivity index (χ4n) is 1.21. The van der Waals surface area contributed by atoms with Crippen LogP contribution in [-0.4, -0.2) is 31.4 Å². The Bertz CT molecular complexity index is 400. The zero-order chi connectivity index (χ0) is 13.4. The van der Waals surface area contributed by atoms with Crippen molar-refractivity contribution >= 4 is 11.7 Å². The topological polar surface area (TPSA) is 64.6 Å². The van der Waals surface area contributed by atoms with Crippen molar-refractivity contribution in [2.75, 3.05) is 19.8 Å². The highest BCUT2D eigenvalue weighted by molar-refractivity contribution is 5.77. The zero-order valence-electron chi connectivity index (χ0n) is 10.6. The van der Waals surface area contributed by atoms with E-state index < -0.39 is 0 Å². The van der Waals surface area contributed by atoms with E-state index in [9.17, 15) is 9.59 Å². The molecule has 0 aliphatic carbocycles. The average molecular weight is 251 g/mol. The number of Topliss-reactive ketones (excluding diaryl/α,β-unsaturated/α-hetero) is 1. The molecule has 0 bridgehead atoms. The Kier molecular flexibility index (Phi) is 5.70. The number of rotatable bonds is 7. The number of carbonyl (C=O) groups is 2. The third kappa shape index (κ3) is 5.34. The molecule has 0 saturated heterocycles. The first-order valence-corrected chi connectivity index (χ1v) is 5.73. The molecule has 5 heteroatoms. The molecule has 0 aliphatic rings. The number of hydrogen-bond donors (Lipinski definition) is 1. The van der Waals surface area contributed by atoms with E-state index in [-0.39, 0.29) is 24.9 Å². The van der Waals surface area contributed by atoms with Crippen molar-refractivity contribution in [2.24, 2.45) is 0 Å². The molecule has 0 radical (unpaired) electrons. The first-order valence-electron chi connectivity index (χ1n) is 5.73. The van der Waals surface area contributed by atoms with Gasteiger partial charge in [0.2, 0.25) is 0 Å². The van der Waals surface area contributed by atoms with Crippen LogP contribution in [0.15, 0.2) is 24.3 Å². The summed E-state index contributed by atoms with van der Waals surface area (Å²) in [5.41, 5.74) is 0. The predicted octanol–water partition coefficient (Wildman–Crippen LogP) is 1.17. The van der Waals surface area contributed by atoms with E-state index >= 15 is 0 Å². The molecule has 0 spiro atoms. The molecule has 0 fully saturated rings. The van der Waals surface area contributed by atoms with Crippen LogP contribution in [0, 0.1) is 0 Å². The SMILES string of the molecule is CCNC(=O)COc1ccc(OCC(C)=O)cc1. The smallest absolute Gasteiger partial charge is 0.257 e. The van der Waals surface area contributed by atoms with Crippen LogP contribution in [-0.2, 0) is 9.59 Å². The van der Waals surface area contributed by atoms with E-state index in [1.807, 2.05) is 6.92 Å². The van der Waals surface area contributed by atoms with Crippen LogP contribution in [0.1, 0.15) is 13.8 Å². The average Bonchev–Trinajstić information content (AvgIpc) is 2.35. The molecule has 98 valence electrons. The molecule has 0 aromatic heterocycles. The maximum Gasteiger partial charge on any atom is 0.257 e. The Morgan fingerprint density at radius 1 is 1.06 bits per heavy atom. The Morgan fingerprint density at radius 2 is 1.56 bits per heavy atom.